The van der Waals surface area contributed by atoms with Gasteiger partial charge in [-0.15, -0.1) is 9.80 Å². The lowest BCUT2D eigenvalue weighted by Crippen LogP contribution is -1.55. The first-order valence-electron chi connectivity index (χ1n) is 0.930. The van der Waals surface area contributed by atoms with Gasteiger partial charge in [0.05, 0.1) is 0 Å². The Morgan fingerprint density at radius 2 is 2.33 bits per heavy atom. The molecule has 0 aliphatic heterocycles. The van der Waals surface area contributed by atoms with E-state index in [4.69, 9.17) is 9.80 Å². The molecule has 0 saturated heterocycles. The maximum atomic E-state index is 9.23. The zero-order valence-electron chi connectivity index (χ0n) is 2.57. The largest absolute Gasteiger partial charge is 0.772 e. The van der Waals surface area contributed by atoms with Crippen molar-refractivity contribution in [2.75, 3.05) is 0 Å². The Balaban J connectivity index is 3.05. The number of hydrogen-bond donors (Lipinski definition) is 1. The number of hydrogen-bond acceptors (Lipinski definition) is 4. The molecule has 0 heterocycles. The lowest BCUT2D eigenvalue weighted by atomic mass is 13.4. The fourth-order valence-corrected chi connectivity index (χ4v) is 0.0855. The molecule has 1 unspecified atom stereocenters. The Morgan fingerprint density at radius 1 is 1.83 bits per heavy atom. The minimum Gasteiger partial charge on any atom is -0.124 e. The molecule has 0 aromatic heterocycles. The molecule has 0 bridgehead atoms. The van der Waals surface area contributed by atoms with E-state index >= 15 is 0 Å². The molecular formula is HNO4P+. The van der Waals surface area contributed by atoms with Crippen molar-refractivity contribution in [2.24, 2.45) is 5.34 Å². The van der Waals surface area contributed by atoms with Gasteiger partial charge in [-0.2, -0.15) is 0 Å². The van der Waals surface area contributed by atoms with E-state index in [2.05, 4.69) is 4.62 Å². The second kappa shape index (κ2) is 2.68. The third kappa shape index (κ3) is 3.46. The van der Waals surface area contributed by atoms with Crippen LogP contribution in [0.4, 0.5) is 0 Å². The Labute approximate surface area is 33.8 Å². The summed E-state index contributed by atoms with van der Waals surface area (Å²) in [6.07, 6.45) is 0. The van der Waals surface area contributed by atoms with Crippen molar-refractivity contribution in [2.45, 2.75) is 0 Å². The minimum atomic E-state index is -2.83. The lowest BCUT2D eigenvalue weighted by molar-refractivity contribution is 0.293. The summed E-state index contributed by atoms with van der Waals surface area (Å²) in [4.78, 5) is 16.3. The van der Waals surface area contributed by atoms with Crippen molar-refractivity contribution in [3.05, 3.63) is 4.91 Å². The van der Waals surface area contributed by atoms with E-state index < -0.39 is 8.25 Å². The van der Waals surface area contributed by atoms with E-state index in [0.717, 1.165) is 0 Å². The summed E-state index contributed by atoms with van der Waals surface area (Å²) in [5, 5.41) is 1.65. The van der Waals surface area contributed by atoms with Crippen LogP contribution < -0.4 is 0 Å². The summed E-state index contributed by atoms with van der Waals surface area (Å²) < 4.78 is 12.4. The van der Waals surface area contributed by atoms with Crippen LogP contribution in [0, 0.1) is 4.91 Å². The van der Waals surface area contributed by atoms with Crippen LogP contribution in [0.1, 0.15) is 0 Å². The summed E-state index contributed by atoms with van der Waals surface area (Å²) >= 11 is 0. The highest BCUT2D eigenvalue weighted by Gasteiger charge is 2.10. The highest BCUT2D eigenvalue weighted by atomic mass is 31.1. The quantitative estimate of drug-likeness (QED) is 0.315. The highest BCUT2D eigenvalue weighted by Crippen LogP contribution is 2.12. The van der Waals surface area contributed by atoms with E-state index in [1.54, 1.807) is 5.34 Å². The molecule has 0 saturated carbocycles. The van der Waals surface area contributed by atoms with E-state index in [-0.39, 0.29) is 0 Å². The first-order valence-corrected chi connectivity index (χ1v) is 2.06. The van der Waals surface area contributed by atoms with Gasteiger partial charge in [0.2, 0.25) is 5.34 Å². The van der Waals surface area contributed by atoms with Gasteiger partial charge in [-0.05, 0) is 0 Å². The van der Waals surface area contributed by atoms with Gasteiger partial charge in [0.15, 0.2) is 0 Å². The van der Waals surface area contributed by atoms with Gasteiger partial charge in [0.1, 0.15) is 0 Å². The maximum absolute atomic E-state index is 9.23. The number of nitrogens with zero attached hydrogens (tertiary/aromatic N) is 1. The summed E-state index contributed by atoms with van der Waals surface area (Å²) in [7, 11) is -2.83. The molecule has 0 aliphatic carbocycles. The second-order valence-corrected chi connectivity index (χ2v) is 1.03. The second-order valence-electron chi connectivity index (χ2n) is 0.394. The van der Waals surface area contributed by atoms with Crippen LogP contribution in [0.2, 0.25) is 0 Å². The van der Waals surface area contributed by atoms with Gasteiger partial charge in [-0.1, -0.05) is 4.62 Å². The van der Waals surface area contributed by atoms with Gasteiger partial charge in [0, 0.05) is 4.57 Å². The average molecular weight is 110 g/mol. The Hall–Kier alpha value is -0.540. The molecule has 0 rings (SSSR count). The van der Waals surface area contributed by atoms with Crippen LogP contribution in [-0.4, -0.2) is 4.89 Å². The van der Waals surface area contributed by atoms with Crippen LogP contribution in [0.25, 0.3) is 0 Å². The molecule has 1 N–H and O–H groups in total. The molecule has 6 heteroatoms. The first kappa shape index (κ1) is 5.46. The smallest absolute Gasteiger partial charge is 0.124 e. The van der Waals surface area contributed by atoms with Crippen molar-refractivity contribution in [3.8, 4) is 0 Å². The zero-order chi connectivity index (χ0) is 4.99. The summed E-state index contributed by atoms with van der Waals surface area (Å²) in [6, 6.07) is 0. The molecule has 6 heavy (non-hydrogen) atoms. The van der Waals surface area contributed by atoms with Crippen LogP contribution in [0.5, 0.6) is 0 Å². The Morgan fingerprint density at radius 3 is 2.33 bits per heavy atom. The van der Waals surface area contributed by atoms with Crippen LogP contribution >= 0.6 is 8.25 Å². The van der Waals surface area contributed by atoms with Gasteiger partial charge < -0.3 is 0 Å². The number of rotatable bonds is 2. The van der Waals surface area contributed by atoms with Crippen molar-refractivity contribution in [3.63, 3.8) is 0 Å². The van der Waals surface area contributed by atoms with Crippen molar-refractivity contribution in [1.29, 1.82) is 0 Å². The van der Waals surface area contributed by atoms with E-state index in [1.807, 2.05) is 0 Å². The molecule has 1 atom stereocenters. The molecule has 0 amide bonds. The van der Waals surface area contributed by atoms with Crippen molar-refractivity contribution >= 4 is 8.25 Å². The normalized spacial score (nSPS) is 9.83. The van der Waals surface area contributed by atoms with Crippen LogP contribution in [0.3, 0.4) is 0 Å². The van der Waals surface area contributed by atoms with Crippen LogP contribution in [0.15, 0.2) is 5.34 Å². The predicted molar refractivity (Wildman–Crippen MR) is 16.7 cm³/mol. The Kier molecular flexibility index (Phi) is 2.44. The fourth-order valence-electron chi connectivity index (χ4n) is 0.0285. The van der Waals surface area contributed by atoms with Gasteiger partial charge in [0.25, 0.3) is 0 Å². The molecule has 0 aromatic rings. The SMILES string of the molecule is O=NO[P+](=O)O. The average Bonchev–Trinajstić information content (AvgIpc) is 1.35. The summed E-state index contributed by atoms with van der Waals surface area (Å²) in [5.41, 5.74) is 0. The molecule has 0 radical (unpaired) electrons. The maximum Gasteiger partial charge on any atom is 0.772 e. The molecule has 0 aliphatic rings. The summed E-state index contributed by atoms with van der Waals surface area (Å²) in [6.45, 7) is 0. The zero-order valence-corrected chi connectivity index (χ0v) is 3.46. The van der Waals surface area contributed by atoms with Gasteiger partial charge >= 0.3 is 8.25 Å². The fraction of sp³-hybridized carbons (Fsp3) is 0. The first-order chi connectivity index (χ1) is 2.77. The molecule has 0 fully saturated rings. The van der Waals surface area contributed by atoms with E-state index in [0.29, 0.717) is 0 Å². The van der Waals surface area contributed by atoms with Gasteiger partial charge in [-0.25, -0.2) is 0 Å². The topological polar surface area (TPSA) is 76.0 Å². The van der Waals surface area contributed by atoms with E-state index in [1.165, 1.54) is 0 Å². The van der Waals surface area contributed by atoms with Crippen molar-refractivity contribution in [1.82, 2.24) is 0 Å². The molecule has 0 spiro atoms. The molecule has 5 nitrogen and oxygen atoms in total. The molecular weight excluding hydrogens is 109 g/mol. The third-order valence-corrected chi connectivity index (χ3v) is 0.310. The highest BCUT2D eigenvalue weighted by molar-refractivity contribution is 7.32. The standard InChI is InChI=1S/NO4P/c2-1-5-6(3)4/p+1. The minimum absolute atomic E-state index is 1.65. The van der Waals surface area contributed by atoms with E-state index in [9.17, 15) is 4.57 Å². The molecule has 0 aromatic carbocycles. The lowest BCUT2D eigenvalue weighted by Gasteiger charge is -1.54. The molecule has 34 valence electrons. The third-order valence-electron chi connectivity index (χ3n) is 0.103. The van der Waals surface area contributed by atoms with Gasteiger partial charge in [-0.3, -0.25) is 0 Å². The predicted octanol–water partition coefficient (Wildman–Crippen LogP) is 0.334. The summed E-state index contributed by atoms with van der Waals surface area (Å²) in [5.74, 6) is 0. The Bertz CT molecular complexity index is 67.9. The van der Waals surface area contributed by atoms with Crippen LogP contribution in [-0.2, 0) is 9.19 Å². The van der Waals surface area contributed by atoms with Crippen molar-refractivity contribution < 1.29 is 14.1 Å². The monoisotopic (exact) mass is 110 g/mol.